The van der Waals surface area contributed by atoms with Gasteiger partial charge in [0.15, 0.2) is 12.1 Å². The molecular weight excluding hydrogens is 184 g/mol. The number of hydrogen-bond donors (Lipinski definition) is 0. The minimum atomic E-state index is -0.808. The summed E-state index contributed by atoms with van der Waals surface area (Å²) in [5, 5.41) is 0. The first-order chi connectivity index (χ1) is 6.71. The number of rotatable bonds is 4. The monoisotopic (exact) mass is 198 g/mol. The second kappa shape index (κ2) is 4.39. The molecule has 14 heavy (non-hydrogen) atoms. The second-order valence-electron chi connectivity index (χ2n) is 2.93. The Morgan fingerprint density at radius 3 is 2.43 bits per heavy atom. The van der Waals surface area contributed by atoms with Gasteiger partial charge in [-0.05, 0) is 12.2 Å². The van der Waals surface area contributed by atoms with Gasteiger partial charge < -0.3 is 14.2 Å². The first kappa shape index (κ1) is 10.9. The number of ether oxygens (including phenoxy) is 3. The quantitative estimate of drug-likeness (QED) is 0.500. The van der Waals surface area contributed by atoms with Crippen LogP contribution in [0.15, 0.2) is 23.5 Å². The van der Waals surface area contributed by atoms with Crippen molar-refractivity contribution < 1.29 is 19.0 Å². The van der Waals surface area contributed by atoms with E-state index in [-0.39, 0.29) is 0 Å². The lowest BCUT2D eigenvalue weighted by atomic mass is 10.0. The third kappa shape index (κ3) is 1.86. The summed E-state index contributed by atoms with van der Waals surface area (Å²) in [6.07, 6.45) is 4.51. The Bertz CT molecular complexity index is 274. The zero-order valence-corrected chi connectivity index (χ0v) is 8.57. The van der Waals surface area contributed by atoms with Gasteiger partial charge in [-0.25, -0.2) is 0 Å². The Morgan fingerprint density at radius 1 is 1.36 bits per heavy atom. The van der Waals surface area contributed by atoms with Crippen LogP contribution in [-0.4, -0.2) is 33.4 Å². The number of carbonyl (C=O) groups excluding carboxylic acids is 1. The molecule has 0 atom stereocenters. The van der Waals surface area contributed by atoms with Gasteiger partial charge in [0.2, 0.25) is 0 Å². The molecule has 1 aliphatic rings. The normalized spacial score (nSPS) is 19.6. The Balaban J connectivity index is 2.95. The van der Waals surface area contributed by atoms with Crippen molar-refractivity contribution >= 4 is 6.29 Å². The highest BCUT2D eigenvalue weighted by Crippen LogP contribution is 2.29. The molecular formula is C10H14O4. The van der Waals surface area contributed by atoms with E-state index < -0.39 is 5.79 Å². The standard InChI is InChI=1S/C10H14O4/c1-12-9-6-10(13-2,14-3)5-4-8(9)7-11/h4-5,7H,6H2,1-3H3. The molecule has 0 saturated heterocycles. The van der Waals surface area contributed by atoms with Gasteiger partial charge in [-0.3, -0.25) is 4.79 Å². The van der Waals surface area contributed by atoms with Crippen LogP contribution in [0.3, 0.4) is 0 Å². The number of allylic oxidation sites excluding steroid dienone is 2. The van der Waals surface area contributed by atoms with E-state index >= 15 is 0 Å². The van der Waals surface area contributed by atoms with Gasteiger partial charge in [0.05, 0.1) is 19.1 Å². The molecule has 0 amide bonds. The largest absolute Gasteiger partial charge is 0.500 e. The Morgan fingerprint density at radius 2 is 2.00 bits per heavy atom. The van der Waals surface area contributed by atoms with E-state index in [0.29, 0.717) is 17.8 Å². The summed E-state index contributed by atoms with van der Waals surface area (Å²) in [5.41, 5.74) is 0.525. The highest BCUT2D eigenvalue weighted by molar-refractivity contribution is 5.79. The Kier molecular flexibility index (Phi) is 3.43. The molecule has 4 nitrogen and oxygen atoms in total. The van der Waals surface area contributed by atoms with Crippen LogP contribution in [0.25, 0.3) is 0 Å². The molecule has 0 bridgehead atoms. The smallest absolute Gasteiger partial charge is 0.194 e. The van der Waals surface area contributed by atoms with E-state index in [1.54, 1.807) is 26.4 Å². The van der Waals surface area contributed by atoms with Gasteiger partial charge >= 0.3 is 0 Å². The summed E-state index contributed by atoms with van der Waals surface area (Å²) >= 11 is 0. The molecule has 0 saturated carbocycles. The van der Waals surface area contributed by atoms with Crippen molar-refractivity contribution in [3.8, 4) is 0 Å². The third-order valence-corrected chi connectivity index (χ3v) is 2.31. The second-order valence-corrected chi connectivity index (χ2v) is 2.93. The maximum Gasteiger partial charge on any atom is 0.194 e. The van der Waals surface area contributed by atoms with E-state index in [1.165, 1.54) is 7.11 Å². The van der Waals surface area contributed by atoms with Gasteiger partial charge in [0.25, 0.3) is 0 Å². The number of aldehydes is 1. The van der Waals surface area contributed by atoms with Crippen LogP contribution >= 0.6 is 0 Å². The molecule has 0 spiro atoms. The summed E-state index contributed by atoms with van der Waals surface area (Å²) < 4.78 is 15.5. The number of carbonyl (C=O) groups is 1. The maximum atomic E-state index is 10.6. The molecule has 0 heterocycles. The third-order valence-electron chi connectivity index (χ3n) is 2.31. The maximum absolute atomic E-state index is 10.6. The summed E-state index contributed by atoms with van der Waals surface area (Å²) in [5.74, 6) is -0.232. The van der Waals surface area contributed by atoms with Gasteiger partial charge in [0.1, 0.15) is 5.76 Å². The van der Waals surface area contributed by atoms with E-state index in [0.717, 1.165) is 6.29 Å². The van der Waals surface area contributed by atoms with Gasteiger partial charge in [0, 0.05) is 14.2 Å². The van der Waals surface area contributed by atoms with Crippen LogP contribution in [0.4, 0.5) is 0 Å². The van der Waals surface area contributed by atoms with Gasteiger partial charge in [-0.15, -0.1) is 0 Å². The molecule has 0 aliphatic heterocycles. The highest BCUT2D eigenvalue weighted by Gasteiger charge is 2.32. The summed E-state index contributed by atoms with van der Waals surface area (Å²) in [4.78, 5) is 10.6. The molecule has 1 rings (SSSR count). The lowest BCUT2D eigenvalue weighted by Crippen LogP contribution is -2.34. The summed E-state index contributed by atoms with van der Waals surface area (Å²) in [6.45, 7) is 0. The van der Waals surface area contributed by atoms with E-state index in [1.807, 2.05) is 0 Å². The zero-order chi connectivity index (χ0) is 10.6. The molecule has 0 N–H and O–H groups in total. The molecule has 1 aliphatic carbocycles. The average molecular weight is 198 g/mol. The Labute approximate surface area is 83.1 Å². The molecule has 0 aromatic rings. The zero-order valence-electron chi connectivity index (χ0n) is 8.57. The van der Waals surface area contributed by atoms with Crippen LogP contribution in [-0.2, 0) is 19.0 Å². The molecule has 0 radical (unpaired) electrons. The summed E-state index contributed by atoms with van der Waals surface area (Å²) in [6, 6.07) is 0. The minimum absolute atomic E-state index is 0.404. The van der Waals surface area contributed by atoms with Crippen LogP contribution in [0.5, 0.6) is 0 Å². The predicted molar refractivity (Wildman–Crippen MR) is 50.6 cm³/mol. The first-order valence-corrected chi connectivity index (χ1v) is 4.23. The van der Waals surface area contributed by atoms with Gasteiger partial charge in [-0.2, -0.15) is 0 Å². The van der Waals surface area contributed by atoms with Crippen molar-refractivity contribution in [1.29, 1.82) is 0 Å². The van der Waals surface area contributed by atoms with Crippen molar-refractivity contribution in [2.75, 3.05) is 21.3 Å². The van der Waals surface area contributed by atoms with Gasteiger partial charge in [-0.1, -0.05) is 0 Å². The van der Waals surface area contributed by atoms with E-state index in [9.17, 15) is 4.79 Å². The van der Waals surface area contributed by atoms with E-state index in [4.69, 9.17) is 14.2 Å². The minimum Gasteiger partial charge on any atom is -0.500 e. The van der Waals surface area contributed by atoms with Crippen LogP contribution in [0.2, 0.25) is 0 Å². The van der Waals surface area contributed by atoms with Crippen molar-refractivity contribution in [3.63, 3.8) is 0 Å². The predicted octanol–water partition coefficient (Wildman–Crippen LogP) is 1.03. The fourth-order valence-corrected chi connectivity index (χ4v) is 1.35. The summed E-state index contributed by atoms with van der Waals surface area (Å²) in [7, 11) is 4.62. The topological polar surface area (TPSA) is 44.8 Å². The highest BCUT2D eigenvalue weighted by atomic mass is 16.7. The van der Waals surface area contributed by atoms with Crippen LogP contribution < -0.4 is 0 Å². The average Bonchev–Trinajstić information content (AvgIpc) is 2.28. The van der Waals surface area contributed by atoms with Crippen molar-refractivity contribution in [1.82, 2.24) is 0 Å². The lowest BCUT2D eigenvalue weighted by Gasteiger charge is -2.30. The fraction of sp³-hybridized carbons (Fsp3) is 0.500. The first-order valence-electron chi connectivity index (χ1n) is 4.23. The molecule has 0 aromatic carbocycles. The van der Waals surface area contributed by atoms with Crippen molar-refractivity contribution in [2.45, 2.75) is 12.2 Å². The van der Waals surface area contributed by atoms with Crippen molar-refractivity contribution in [2.24, 2.45) is 0 Å². The SMILES string of the molecule is COC1=C(C=O)C=CC(OC)(OC)C1. The molecule has 0 aromatic heterocycles. The van der Waals surface area contributed by atoms with Crippen LogP contribution in [0.1, 0.15) is 6.42 Å². The Hall–Kier alpha value is -1.13. The number of hydrogen-bond acceptors (Lipinski definition) is 4. The molecule has 0 unspecified atom stereocenters. The molecule has 78 valence electrons. The number of methoxy groups -OCH3 is 3. The van der Waals surface area contributed by atoms with E-state index in [2.05, 4.69) is 0 Å². The van der Waals surface area contributed by atoms with Crippen molar-refractivity contribution in [3.05, 3.63) is 23.5 Å². The molecule has 0 fully saturated rings. The van der Waals surface area contributed by atoms with Crippen LogP contribution in [0, 0.1) is 0 Å². The molecule has 4 heteroatoms. The fourth-order valence-electron chi connectivity index (χ4n) is 1.35. The lowest BCUT2D eigenvalue weighted by molar-refractivity contribution is -0.174.